The van der Waals surface area contributed by atoms with Gasteiger partial charge < -0.3 is 10.6 Å². The fourth-order valence-electron chi connectivity index (χ4n) is 2.06. The fourth-order valence-corrected chi connectivity index (χ4v) is 2.06. The van der Waals surface area contributed by atoms with Gasteiger partial charge in [0.05, 0.1) is 0 Å². The Hall–Kier alpha value is -1.35. The molecule has 0 aliphatic heterocycles. The minimum Gasteiger partial charge on any atom is -0.338 e. The summed E-state index contributed by atoms with van der Waals surface area (Å²) in [4.78, 5) is 14.5. The summed E-state index contributed by atoms with van der Waals surface area (Å²) in [6.45, 7) is 10.5. The van der Waals surface area contributed by atoms with Crippen molar-refractivity contribution in [2.45, 2.75) is 34.1 Å². The van der Waals surface area contributed by atoms with Crippen LogP contribution >= 0.6 is 0 Å². The van der Waals surface area contributed by atoms with Gasteiger partial charge >= 0.3 is 0 Å². The van der Waals surface area contributed by atoms with Crippen molar-refractivity contribution in [3.8, 4) is 0 Å². The molecule has 0 aromatic heterocycles. The minimum absolute atomic E-state index is 0.116. The largest absolute Gasteiger partial charge is 0.338 e. The molecule has 0 saturated carbocycles. The number of nitrogens with zero attached hydrogens (tertiary/aromatic N) is 1. The quantitative estimate of drug-likeness (QED) is 0.857. The average Bonchev–Trinajstić information content (AvgIpc) is 2.36. The first kappa shape index (κ1) is 15.7. The number of aryl methyl sites for hydroxylation is 2. The molecule has 0 aliphatic rings. The van der Waals surface area contributed by atoms with Crippen LogP contribution in [0.15, 0.2) is 18.2 Å². The van der Waals surface area contributed by atoms with Gasteiger partial charge in [0.15, 0.2) is 0 Å². The maximum absolute atomic E-state index is 12.5. The summed E-state index contributed by atoms with van der Waals surface area (Å²) < 4.78 is 0. The van der Waals surface area contributed by atoms with Gasteiger partial charge in [-0.25, -0.2) is 0 Å². The van der Waals surface area contributed by atoms with Crippen molar-refractivity contribution >= 4 is 5.91 Å². The van der Waals surface area contributed by atoms with Crippen molar-refractivity contribution in [2.24, 2.45) is 11.7 Å². The summed E-state index contributed by atoms with van der Waals surface area (Å²) in [5, 5.41) is 0. The number of carbonyl (C=O) groups is 1. The Kier molecular flexibility index (Phi) is 6.03. The van der Waals surface area contributed by atoms with Crippen LogP contribution in [-0.4, -0.2) is 30.4 Å². The molecule has 19 heavy (non-hydrogen) atoms. The van der Waals surface area contributed by atoms with E-state index in [0.717, 1.165) is 30.6 Å². The molecule has 0 aliphatic carbocycles. The Balaban J connectivity index is 2.87. The second-order valence-corrected chi connectivity index (χ2v) is 5.59. The summed E-state index contributed by atoms with van der Waals surface area (Å²) in [5.74, 6) is 0.582. The second-order valence-electron chi connectivity index (χ2n) is 5.59. The molecule has 1 aromatic carbocycles. The Morgan fingerprint density at radius 3 is 2.47 bits per heavy atom. The minimum atomic E-state index is 0.116. The molecule has 0 bridgehead atoms. The van der Waals surface area contributed by atoms with E-state index < -0.39 is 0 Å². The van der Waals surface area contributed by atoms with Crippen molar-refractivity contribution in [2.75, 3.05) is 19.6 Å². The third kappa shape index (κ3) is 4.67. The van der Waals surface area contributed by atoms with E-state index in [9.17, 15) is 4.79 Å². The number of amides is 1. The highest BCUT2D eigenvalue weighted by Crippen LogP contribution is 2.13. The second kappa shape index (κ2) is 7.29. The molecule has 1 rings (SSSR count). The van der Waals surface area contributed by atoms with Gasteiger partial charge in [0.2, 0.25) is 0 Å². The van der Waals surface area contributed by atoms with Gasteiger partial charge in [0.25, 0.3) is 5.91 Å². The van der Waals surface area contributed by atoms with Gasteiger partial charge in [0.1, 0.15) is 0 Å². The third-order valence-electron chi connectivity index (χ3n) is 3.26. The molecule has 0 spiro atoms. The van der Waals surface area contributed by atoms with Crippen LogP contribution in [0.3, 0.4) is 0 Å². The first-order valence-corrected chi connectivity index (χ1v) is 7.02. The highest BCUT2D eigenvalue weighted by Gasteiger charge is 2.16. The molecule has 0 unspecified atom stereocenters. The number of carbonyl (C=O) groups excluding carboxylic acids is 1. The first-order valence-electron chi connectivity index (χ1n) is 7.02. The molecular formula is C16H26N2O. The van der Waals surface area contributed by atoms with E-state index in [1.165, 1.54) is 5.56 Å². The fraction of sp³-hybridized carbons (Fsp3) is 0.562. The van der Waals surface area contributed by atoms with Gasteiger partial charge in [-0.05, 0) is 56.0 Å². The van der Waals surface area contributed by atoms with Gasteiger partial charge in [-0.15, -0.1) is 0 Å². The highest BCUT2D eigenvalue weighted by atomic mass is 16.2. The zero-order chi connectivity index (χ0) is 14.4. The van der Waals surface area contributed by atoms with Crippen LogP contribution < -0.4 is 5.73 Å². The molecule has 0 radical (unpaired) electrons. The molecule has 3 nitrogen and oxygen atoms in total. The maximum atomic E-state index is 12.5. The Morgan fingerprint density at radius 1 is 1.26 bits per heavy atom. The summed E-state index contributed by atoms with van der Waals surface area (Å²) in [6, 6.07) is 5.91. The van der Waals surface area contributed by atoms with Crippen LogP contribution in [0.1, 0.15) is 41.8 Å². The third-order valence-corrected chi connectivity index (χ3v) is 3.26. The molecular weight excluding hydrogens is 236 g/mol. The van der Waals surface area contributed by atoms with Gasteiger partial charge in [-0.1, -0.05) is 19.9 Å². The lowest BCUT2D eigenvalue weighted by Gasteiger charge is -2.24. The molecule has 0 saturated heterocycles. The van der Waals surface area contributed by atoms with Gasteiger partial charge in [-0.2, -0.15) is 0 Å². The lowest BCUT2D eigenvalue weighted by Crippen LogP contribution is -2.35. The van der Waals surface area contributed by atoms with Gasteiger partial charge in [-0.3, -0.25) is 4.79 Å². The molecule has 0 heterocycles. The van der Waals surface area contributed by atoms with Crippen LogP contribution in [0.5, 0.6) is 0 Å². The molecule has 1 amide bonds. The Morgan fingerprint density at radius 2 is 1.95 bits per heavy atom. The molecule has 0 fully saturated rings. The Labute approximate surface area is 116 Å². The number of nitrogens with two attached hydrogens (primary N) is 1. The van der Waals surface area contributed by atoms with E-state index in [-0.39, 0.29) is 5.91 Å². The van der Waals surface area contributed by atoms with Crippen LogP contribution in [0, 0.1) is 19.8 Å². The SMILES string of the molecule is Cc1ccc(C(=O)N(CCCN)CC(C)C)cc1C. The molecule has 2 N–H and O–H groups in total. The molecule has 0 atom stereocenters. The monoisotopic (exact) mass is 262 g/mol. The smallest absolute Gasteiger partial charge is 0.253 e. The van der Waals surface area contributed by atoms with Crippen molar-refractivity contribution in [1.82, 2.24) is 4.90 Å². The standard InChI is InChI=1S/C16H26N2O/c1-12(2)11-18(9-5-8-17)16(19)15-7-6-13(3)14(4)10-15/h6-7,10,12H,5,8-9,11,17H2,1-4H3. The lowest BCUT2D eigenvalue weighted by atomic mass is 10.0. The van der Waals surface area contributed by atoms with E-state index in [0.29, 0.717) is 12.5 Å². The van der Waals surface area contributed by atoms with E-state index in [1.54, 1.807) is 0 Å². The summed E-state index contributed by atoms with van der Waals surface area (Å²) >= 11 is 0. The van der Waals surface area contributed by atoms with Crippen LogP contribution in [0.25, 0.3) is 0 Å². The van der Waals surface area contributed by atoms with Crippen molar-refractivity contribution < 1.29 is 4.79 Å². The maximum Gasteiger partial charge on any atom is 0.253 e. The zero-order valence-corrected chi connectivity index (χ0v) is 12.6. The normalized spacial score (nSPS) is 10.8. The lowest BCUT2D eigenvalue weighted by molar-refractivity contribution is 0.0735. The van der Waals surface area contributed by atoms with E-state index >= 15 is 0 Å². The van der Waals surface area contributed by atoms with Gasteiger partial charge in [0, 0.05) is 18.7 Å². The number of hydrogen-bond acceptors (Lipinski definition) is 2. The number of benzene rings is 1. The predicted octanol–water partition coefficient (Wildman–Crippen LogP) is 2.75. The average molecular weight is 262 g/mol. The van der Waals surface area contributed by atoms with Crippen molar-refractivity contribution in [1.29, 1.82) is 0 Å². The topological polar surface area (TPSA) is 46.3 Å². The van der Waals surface area contributed by atoms with Crippen molar-refractivity contribution in [3.63, 3.8) is 0 Å². The van der Waals surface area contributed by atoms with E-state index in [2.05, 4.69) is 20.8 Å². The summed E-state index contributed by atoms with van der Waals surface area (Å²) in [7, 11) is 0. The van der Waals surface area contributed by atoms with Crippen LogP contribution in [0.4, 0.5) is 0 Å². The predicted molar refractivity (Wildman–Crippen MR) is 80.3 cm³/mol. The van der Waals surface area contributed by atoms with Crippen molar-refractivity contribution in [3.05, 3.63) is 34.9 Å². The first-order chi connectivity index (χ1) is 8.95. The van der Waals surface area contributed by atoms with Crippen LogP contribution in [0.2, 0.25) is 0 Å². The number of rotatable bonds is 6. The van der Waals surface area contributed by atoms with Crippen LogP contribution in [-0.2, 0) is 0 Å². The zero-order valence-electron chi connectivity index (χ0n) is 12.6. The summed E-state index contributed by atoms with van der Waals surface area (Å²) in [6.07, 6.45) is 0.850. The molecule has 1 aromatic rings. The van der Waals surface area contributed by atoms with E-state index in [4.69, 9.17) is 5.73 Å². The molecule has 3 heteroatoms. The van der Waals surface area contributed by atoms with E-state index in [1.807, 2.05) is 30.0 Å². The molecule has 106 valence electrons. The highest BCUT2D eigenvalue weighted by molar-refractivity contribution is 5.94. The number of hydrogen-bond donors (Lipinski definition) is 1. The summed E-state index contributed by atoms with van der Waals surface area (Å²) in [5.41, 5.74) is 8.71. The Bertz CT molecular complexity index is 427.